The molecule has 0 unspecified atom stereocenters. The molecule has 0 aliphatic carbocycles. The van der Waals surface area contributed by atoms with Crippen molar-refractivity contribution in [3.05, 3.63) is 46.1 Å². The first-order valence-corrected chi connectivity index (χ1v) is 15.1. The molecule has 0 bridgehead atoms. The Morgan fingerprint density at radius 3 is 0.800 bits per heavy atom. The molecule has 2 heterocycles. The first kappa shape index (κ1) is 36.2. The van der Waals surface area contributed by atoms with Crippen molar-refractivity contribution in [1.82, 2.24) is 19.9 Å². The molecule has 4 heteroatoms. The van der Waals surface area contributed by atoms with E-state index in [0.717, 1.165) is 23.0 Å². The van der Waals surface area contributed by atoms with Gasteiger partial charge in [0.15, 0.2) is 0 Å². The highest BCUT2D eigenvalue weighted by Gasteiger charge is 2.36. The minimum Gasteiger partial charge on any atom is -0.237 e. The summed E-state index contributed by atoms with van der Waals surface area (Å²) >= 11 is 0. The van der Waals surface area contributed by atoms with Crippen molar-refractivity contribution < 1.29 is 0 Å². The monoisotopic (exact) mass is 553 g/mol. The van der Waals surface area contributed by atoms with Crippen LogP contribution in [0.15, 0.2) is 6.07 Å². The molecule has 40 heavy (non-hydrogen) atoms. The van der Waals surface area contributed by atoms with Crippen LogP contribution in [0.2, 0.25) is 0 Å². The van der Waals surface area contributed by atoms with Crippen LogP contribution in [-0.4, -0.2) is 19.9 Å². The quantitative estimate of drug-likeness (QED) is 0.326. The van der Waals surface area contributed by atoms with Crippen molar-refractivity contribution in [3.63, 3.8) is 0 Å². The van der Waals surface area contributed by atoms with E-state index in [2.05, 4.69) is 151 Å². The fraction of sp³-hybridized carbons (Fsp3) is 0.778. The highest BCUT2D eigenvalue weighted by atomic mass is 14.9. The Hall–Kier alpha value is -1.84. The molecule has 0 amide bonds. The van der Waals surface area contributed by atoms with Gasteiger partial charge in [-0.25, -0.2) is 19.9 Å². The van der Waals surface area contributed by atoms with E-state index < -0.39 is 0 Å². The predicted molar refractivity (Wildman–Crippen MR) is 175 cm³/mol. The average Bonchev–Trinajstić information content (AvgIpc) is 2.68. The van der Waals surface area contributed by atoms with Crippen molar-refractivity contribution in [2.75, 3.05) is 0 Å². The standard InChI is InChI=1S/C20H36N2.C16H28N2/c1-17(2,3)13-14(18(4,5)6)21-16(20(10,11)12)22-15(13)19(7,8)9;1-14(2,3)11-10-12(15(4,5)6)18-13(17-11)16(7,8)9/h1-12H3;10H,1-9H3. The lowest BCUT2D eigenvalue weighted by Crippen LogP contribution is -2.33. The molecule has 4 nitrogen and oxygen atoms in total. The lowest BCUT2D eigenvalue weighted by atomic mass is 9.73. The third-order valence-corrected chi connectivity index (χ3v) is 6.68. The van der Waals surface area contributed by atoms with Crippen molar-refractivity contribution >= 4 is 0 Å². The molecular weight excluding hydrogens is 488 g/mol. The van der Waals surface area contributed by atoms with Gasteiger partial charge >= 0.3 is 0 Å². The first-order valence-electron chi connectivity index (χ1n) is 15.1. The fourth-order valence-corrected chi connectivity index (χ4v) is 4.14. The van der Waals surface area contributed by atoms with E-state index in [1.807, 2.05) is 0 Å². The Morgan fingerprint density at radius 1 is 0.325 bits per heavy atom. The molecule has 0 aromatic carbocycles. The summed E-state index contributed by atoms with van der Waals surface area (Å²) in [5, 5.41) is 0. The molecule has 0 fully saturated rings. The van der Waals surface area contributed by atoms with Gasteiger partial charge in [0.05, 0.1) is 11.4 Å². The maximum atomic E-state index is 5.04. The van der Waals surface area contributed by atoms with E-state index in [9.17, 15) is 0 Å². The zero-order valence-electron chi connectivity index (χ0n) is 30.4. The van der Waals surface area contributed by atoms with Gasteiger partial charge in [0.2, 0.25) is 0 Å². The zero-order valence-corrected chi connectivity index (χ0v) is 30.4. The highest BCUT2D eigenvalue weighted by Crippen LogP contribution is 2.40. The second-order valence-electron chi connectivity index (χ2n) is 18.8. The van der Waals surface area contributed by atoms with Crippen LogP contribution in [0.1, 0.15) is 185 Å². The van der Waals surface area contributed by atoms with E-state index >= 15 is 0 Å². The molecule has 2 aromatic rings. The number of rotatable bonds is 0. The summed E-state index contributed by atoms with van der Waals surface area (Å²) in [6.07, 6.45) is 0. The molecular formula is C36H64N4. The molecule has 0 aliphatic heterocycles. The first-order chi connectivity index (χ1) is 17.3. The van der Waals surface area contributed by atoms with Gasteiger partial charge in [0.1, 0.15) is 11.6 Å². The van der Waals surface area contributed by atoms with Crippen molar-refractivity contribution in [2.24, 2.45) is 0 Å². The van der Waals surface area contributed by atoms with Gasteiger partial charge in [0.25, 0.3) is 0 Å². The van der Waals surface area contributed by atoms with Crippen molar-refractivity contribution in [3.8, 4) is 0 Å². The summed E-state index contributed by atoms with van der Waals surface area (Å²) in [6, 6.07) is 2.16. The topological polar surface area (TPSA) is 51.6 Å². The van der Waals surface area contributed by atoms with Gasteiger partial charge < -0.3 is 0 Å². The molecule has 0 saturated heterocycles. The molecule has 0 atom stereocenters. The van der Waals surface area contributed by atoms with Gasteiger partial charge in [-0.15, -0.1) is 0 Å². The zero-order chi connectivity index (χ0) is 32.1. The Morgan fingerprint density at radius 2 is 0.600 bits per heavy atom. The van der Waals surface area contributed by atoms with Gasteiger partial charge in [-0.2, -0.15) is 0 Å². The maximum absolute atomic E-state index is 5.04. The molecule has 0 radical (unpaired) electrons. The third kappa shape index (κ3) is 9.62. The molecule has 2 aromatic heterocycles. The lowest BCUT2D eigenvalue weighted by Gasteiger charge is -2.36. The summed E-state index contributed by atoms with van der Waals surface area (Å²) in [6.45, 7) is 46.6. The largest absolute Gasteiger partial charge is 0.237 e. The second kappa shape index (κ2) is 11.1. The van der Waals surface area contributed by atoms with E-state index in [0.29, 0.717) is 0 Å². The van der Waals surface area contributed by atoms with Crippen LogP contribution in [0.25, 0.3) is 0 Å². The molecule has 0 saturated carbocycles. The normalized spacial score (nSPS) is 14.1. The number of nitrogens with zero attached hydrogens (tertiary/aromatic N) is 4. The van der Waals surface area contributed by atoms with E-state index in [4.69, 9.17) is 19.9 Å². The van der Waals surface area contributed by atoms with Crippen LogP contribution in [0.4, 0.5) is 0 Å². The van der Waals surface area contributed by atoms with Crippen LogP contribution in [0.3, 0.4) is 0 Å². The van der Waals surface area contributed by atoms with Crippen LogP contribution >= 0.6 is 0 Å². The molecule has 0 aliphatic rings. The third-order valence-electron chi connectivity index (χ3n) is 6.68. The Balaban J connectivity index is 0.000000408. The highest BCUT2D eigenvalue weighted by molar-refractivity contribution is 5.40. The van der Waals surface area contributed by atoms with Gasteiger partial charge in [-0.05, 0) is 11.5 Å². The Labute approximate surface area is 249 Å². The number of hydrogen-bond donors (Lipinski definition) is 0. The van der Waals surface area contributed by atoms with Gasteiger partial charge in [-0.3, -0.25) is 0 Å². The van der Waals surface area contributed by atoms with Gasteiger partial charge in [-0.1, -0.05) is 145 Å². The maximum Gasteiger partial charge on any atom is 0.134 e. The van der Waals surface area contributed by atoms with Crippen molar-refractivity contribution in [2.45, 2.75) is 183 Å². The minimum atomic E-state index is -0.0452. The predicted octanol–water partition coefficient (Wildman–Crippen LogP) is 10.0. The van der Waals surface area contributed by atoms with Crippen LogP contribution < -0.4 is 0 Å². The summed E-state index contributed by atoms with van der Waals surface area (Å²) < 4.78 is 0. The van der Waals surface area contributed by atoms with Crippen LogP contribution in [0.5, 0.6) is 0 Å². The summed E-state index contributed by atoms with van der Waals surface area (Å²) in [7, 11) is 0. The Bertz CT molecular complexity index is 1040. The molecule has 0 spiro atoms. The van der Waals surface area contributed by atoms with E-state index in [1.165, 1.54) is 17.0 Å². The SMILES string of the molecule is CC(C)(C)c1cc(C(C)(C)C)nc(C(C)(C)C)n1.CC(C)(C)c1nc(C(C)(C)C)c(C(C)(C)C)c(C(C)(C)C)n1. The minimum absolute atomic E-state index is 0.00551. The average molecular weight is 553 g/mol. The van der Waals surface area contributed by atoms with Crippen LogP contribution in [0, 0.1) is 0 Å². The molecule has 0 N–H and O–H groups in total. The second-order valence-corrected chi connectivity index (χ2v) is 18.8. The summed E-state index contributed by atoms with van der Waals surface area (Å²) in [5.41, 5.74) is 6.08. The lowest BCUT2D eigenvalue weighted by molar-refractivity contribution is 0.447. The fourth-order valence-electron chi connectivity index (χ4n) is 4.14. The number of aromatic nitrogens is 4. The molecule has 2 rings (SSSR count). The summed E-state index contributed by atoms with van der Waals surface area (Å²) in [5.74, 6) is 1.90. The Kier molecular flexibility index (Phi) is 10.0. The molecule has 228 valence electrons. The van der Waals surface area contributed by atoms with Crippen molar-refractivity contribution in [1.29, 1.82) is 0 Å². The van der Waals surface area contributed by atoms with E-state index in [-0.39, 0.29) is 37.9 Å². The summed E-state index contributed by atoms with van der Waals surface area (Å²) in [4.78, 5) is 19.6. The van der Waals surface area contributed by atoms with Crippen LogP contribution in [-0.2, 0) is 37.9 Å². The van der Waals surface area contributed by atoms with E-state index in [1.54, 1.807) is 0 Å². The van der Waals surface area contributed by atoms with Gasteiger partial charge in [0, 0.05) is 49.4 Å². The number of hydrogen-bond acceptors (Lipinski definition) is 4. The smallest absolute Gasteiger partial charge is 0.134 e.